The molecule has 1 aliphatic heterocycles. The Balaban J connectivity index is 1.77. The van der Waals surface area contributed by atoms with Gasteiger partial charge in [-0.25, -0.2) is 4.98 Å². The molecule has 1 aliphatic rings. The Morgan fingerprint density at radius 2 is 2.04 bits per heavy atom. The van der Waals surface area contributed by atoms with Gasteiger partial charge in [-0.2, -0.15) is 0 Å². The number of benzene rings is 1. The summed E-state index contributed by atoms with van der Waals surface area (Å²) < 4.78 is 10.6. The number of nitrogens with one attached hydrogen (secondary N) is 1. The van der Waals surface area contributed by atoms with Crippen LogP contribution in [0.4, 0.5) is 11.5 Å². The zero-order valence-corrected chi connectivity index (χ0v) is 15.0. The lowest BCUT2D eigenvalue weighted by atomic mass is 10.1. The quantitative estimate of drug-likeness (QED) is 0.891. The lowest BCUT2D eigenvalue weighted by Gasteiger charge is -2.20. The predicted octanol–water partition coefficient (Wildman–Crippen LogP) is 2.40. The van der Waals surface area contributed by atoms with E-state index in [0.717, 1.165) is 5.56 Å². The van der Waals surface area contributed by atoms with Gasteiger partial charge in [-0.3, -0.25) is 9.59 Å². The van der Waals surface area contributed by atoms with E-state index in [2.05, 4.69) is 10.3 Å². The Labute approximate surface area is 151 Å². The first-order valence-corrected chi connectivity index (χ1v) is 8.27. The highest BCUT2D eigenvalue weighted by Crippen LogP contribution is 2.36. The first-order valence-electron chi connectivity index (χ1n) is 8.27. The second-order valence-electron chi connectivity index (χ2n) is 6.15. The molecule has 1 N–H and O–H groups in total. The molecule has 1 saturated heterocycles. The van der Waals surface area contributed by atoms with E-state index < -0.39 is 5.92 Å². The van der Waals surface area contributed by atoms with Gasteiger partial charge < -0.3 is 19.7 Å². The highest BCUT2D eigenvalue weighted by atomic mass is 16.5. The van der Waals surface area contributed by atoms with E-state index in [0.29, 0.717) is 23.0 Å². The molecule has 0 spiro atoms. The van der Waals surface area contributed by atoms with Crippen molar-refractivity contribution >= 4 is 23.3 Å². The molecule has 136 valence electrons. The van der Waals surface area contributed by atoms with Gasteiger partial charge in [-0.1, -0.05) is 0 Å². The Hall–Kier alpha value is -3.09. The van der Waals surface area contributed by atoms with Crippen LogP contribution in [0, 0.1) is 12.8 Å². The van der Waals surface area contributed by atoms with Gasteiger partial charge in [0.15, 0.2) is 0 Å². The van der Waals surface area contributed by atoms with E-state index in [1.54, 1.807) is 49.6 Å². The van der Waals surface area contributed by atoms with Crippen molar-refractivity contribution in [2.45, 2.75) is 13.3 Å². The SMILES string of the molecule is COc1ccc(OC)c(N2CC(C(=O)Nc3cc(C)ccn3)CC2=O)c1. The second-order valence-corrected chi connectivity index (χ2v) is 6.15. The summed E-state index contributed by atoms with van der Waals surface area (Å²) in [5.41, 5.74) is 1.60. The molecular weight excluding hydrogens is 334 g/mol. The average Bonchev–Trinajstić information content (AvgIpc) is 3.03. The van der Waals surface area contributed by atoms with Crippen LogP contribution in [0.1, 0.15) is 12.0 Å². The Bertz CT molecular complexity index is 837. The van der Waals surface area contributed by atoms with Crippen molar-refractivity contribution < 1.29 is 19.1 Å². The van der Waals surface area contributed by atoms with Gasteiger partial charge in [-0.05, 0) is 36.8 Å². The molecule has 1 atom stereocenters. The van der Waals surface area contributed by atoms with Crippen molar-refractivity contribution in [1.29, 1.82) is 0 Å². The molecule has 2 amide bonds. The number of hydrogen-bond donors (Lipinski definition) is 1. The van der Waals surface area contributed by atoms with Gasteiger partial charge in [0, 0.05) is 25.2 Å². The van der Waals surface area contributed by atoms with Crippen LogP contribution in [0.2, 0.25) is 0 Å². The molecule has 2 heterocycles. The fourth-order valence-corrected chi connectivity index (χ4v) is 2.96. The maximum atomic E-state index is 12.5. The monoisotopic (exact) mass is 355 g/mol. The minimum atomic E-state index is -0.458. The van der Waals surface area contributed by atoms with Gasteiger partial charge in [0.2, 0.25) is 11.8 Å². The molecule has 2 aromatic rings. The van der Waals surface area contributed by atoms with Crippen LogP contribution in [0.5, 0.6) is 11.5 Å². The smallest absolute Gasteiger partial charge is 0.230 e. The molecule has 0 radical (unpaired) electrons. The lowest BCUT2D eigenvalue weighted by molar-refractivity contribution is -0.122. The number of anilines is 2. The molecule has 0 aliphatic carbocycles. The summed E-state index contributed by atoms with van der Waals surface area (Å²) in [5.74, 6) is 0.848. The molecule has 1 aromatic carbocycles. The van der Waals surface area contributed by atoms with E-state index in [-0.39, 0.29) is 24.8 Å². The first-order chi connectivity index (χ1) is 12.5. The second kappa shape index (κ2) is 7.43. The zero-order chi connectivity index (χ0) is 18.7. The number of ether oxygens (including phenoxy) is 2. The molecule has 0 saturated carbocycles. The number of aryl methyl sites for hydroxylation is 1. The van der Waals surface area contributed by atoms with Crippen molar-refractivity contribution in [3.8, 4) is 11.5 Å². The predicted molar refractivity (Wildman–Crippen MR) is 97.6 cm³/mol. The largest absolute Gasteiger partial charge is 0.497 e. The van der Waals surface area contributed by atoms with Gasteiger partial charge in [-0.15, -0.1) is 0 Å². The minimum absolute atomic E-state index is 0.131. The number of aromatic nitrogens is 1. The fourth-order valence-electron chi connectivity index (χ4n) is 2.96. The Kier molecular flexibility index (Phi) is 5.06. The molecule has 1 unspecified atom stereocenters. The van der Waals surface area contributed by atoms with E-state index in [9.17, 15) is 9.59 Å². The zero-order valence-electron chi connectivity index (χ0n) is 15.0. The van der Waals surface area contributed by atoms with Crippen molar-refractivity contribution in [2.24, 2.45) is 5.92 Å². The van der Waals surface area contributed by atoms with Gasteiger partial charge in [0.05, 0.1) is 25.8 Å². The summed E-state index contributed by atoms with van der Waals surface area (Å²) in [7, 11) is 3.10. The number of nitrogens with zero attached hydrogens (tertiary/aromatic N) is 2. The summed E-state index contributed by atoms with van der Waals surface area (Å²) in [6.45, 7) is 2.20. The molecule has 3 rings (SSSR count). The maximum Gasteiger partial charge on any atom is 0.230 e. The highest BCUT2D eigenvalue weighted by Gasteiger charge is 2.36. The number of carbonyl (C=O) groups excluding carboxylic acids is 2. The molecular formula is C19H21N3O4. The Morgan fingerprint density at radius 1 is 1.23 bits per heavy atom. The fraction of sp³-hybridized carbons (Fsp3) is 0.316. The van der Waals surface area contributed by atoms with Crippen molar-refractivity contribution in [1.82, 2.24) is 4.98 Å². The van der Waals surface area contributed by atoms with E-state index in [1.165, 1.54) is 0 Å². The number of carbonyl (C=O) groups is 2. The van der Waals surface area contributed by atoms with Crippen molar-refractivity contribution in [2.75, 3.05) is 31.0 Å². The van der Waals surface area contributed by atoms with Crippen molar-refractivity contribution in [3.05, 3.63) is 42.1 Å². The van der Waals surface area contributed by atoms with Gasteiger partial charge in [0.25, 0.3) is 0 Å². The molecule has 1 aromatic heterocycles. The first kappa shape index (κ1) is 17.7. The van der Waals surface area contributed by atoms with Crippen LogP contribution in [-0.4, -0.2) is 37.6 Å². The molecule has 7 nitrogen and oxygen atoms in total. The Morgan fingerprint density at radius 3 is 2.73 bits per heavy atom. The van der Waals surface area contributed by atoms with Gasteiger partial charge >= 0.3 is 0 Å². The highest BCUT2D eigenvalue weighted by molar-refractivity contribution is 6.04. The lowest BCUT2D eigenvalue weighted by Crippen LogP contribution is -2.28. The van der Waals surface area contributed by atoms with E-state index in [4.69, 9.17) is 9.47 Å². The van der Waals surface area contributed by atoms with E-state index >= 15 is 0 Å². The van der Waals surface area contributed by atoms with Crippen LogP contribution in [0.15, 0.2) is 36.5 Å². The van der Waals surface area contributed by atoms with Crippen LogP contribution in [-0.2, 0) is 9.59 Å². The number of pyridine rings is 1. The minimum Gasteiger partial charge on any atom is -0.497 e. The summed E-state index contributed by atoms with van der Waals surface area (Å²) in [6, 6.07) is 8.88. The summed E-state index contributed by atoms with van der Waals surface area (Å²) >= 11 is 0. The van der Waals surface area contributed by atoms with Crippen LogP contribution in [0.3, 0.4) is 0 Å². The summed E-state index contributed by atoms with van der Waals surface area (Å²) in [5, 5.41) is 2.78. The van der Waals surface area contributed by atoms with Crippen LogP contribution < -0.4 is 19.7 Å². The molecule has 0 bridgehead atoms. The van der Waals surface area contributed by atoms with Crippen LogP contribution >= 0.6 is 0 Å². The topological polar surface area (TPSA) is 80.8 Å². The summed E-state index contributed by atoms with van der Waals surface area (Å²) in [4.78, 5) is 30.7. The number of rotatable bonds is 5. The van der Waals surface area contributed by atoms with Crippen LogP contribution in [0.25, 0.3) is 0 Å². The number of amides is 2. The summed E-state index contributed by atoms with van der Waals surface area (Å²) in [6.07, 6.45) is 1.77. The standard InChI is InChI=1S/C19H21N3O4/c1-12-6-7-20-17(8-12)21-19(24)13-9-18(23)22(11-13)15-10-14(25-2)4-5-16(15)26-3/h4-8,10,13H,9,11H2,1-3H3,(H,20,21,24). The normalized spacial score (nSPS) is 16.5. The number of hydrogen-bond acceptors (Lipinski definition) is 5. The molecule has 7 heteroatoms. The third kappa shape index (κ3) is 3.61. The number of methoxy groups -OCH3 is 2. The van der Waals surface area contributed by atoms with Crippen molar-refractivity contribution in [3.63, 3.8) is 0 Å². The van der Waals surface area contributed by atoms with E-state index in [1.807, 2.05) is 13.0 Å². The maximum absolute atomic E-state index is 12.5. The molecule has 1 fully saturated rings. The third-order valence-electron chi connectivity index (χ3n) is 4.34. The van der Waals surface area contributed by atoms with Gasteiger partial charge in [0.1, 0.15) is 17.3 Å². The average molecular weight is 355 g/mol. The third-order valence-corrected chi connectivity index (χ3v) is 4.34. The molecule has 26 heavy (non-hydrogen) atoms.